The number of carboxylic acid groups (broad SMARTS) is 1. The minimum absolute atomic E-state index is 0.422. The molecule has 1 aromatic carbocycles. The second kappa shape index (κ2) is 4.82. The average molecular weight is 262 g/mol. The van der Waals surface area contributed by atoms with E-state index in [1.165, 1.54) is 0 Å². The number of nitrogens with two attached hydrogens (primary N) is 2. The van der Waals surface area contributed by atoms with Crippen LogP contribution in [0, 0.1) is 0 Å². The maximum absolute atomic E-state index is 10.6. The van der Waals surface area contributed by atoms with Gasteiger partial charge in [-0.3, -0.25) is 0 Å². The molecule has 0 saturated heterocycles. The van der Waals surface area contributed by atoms with Crippen molar-refractivity contribution < 1.29 is 23.1 Å². The number of aromatic nitrogens is 2. The fourth-order valence-corrected chi connectivity index (χ4v) is 1.04. The van der Waals surface area contributed by atoms with E-state index in [1.807, 2.05) is 6.07 Å². The lowest BCUT2D eigenvalue weighted by Crippen LogP contribution is -2.21. The first-order valence-corrected chi connectivity index (χ1v) is 4.51. The van der Waals surface area contributed by atoms with Gasteiger partial charge in [0.2, 0.25) is 0 Å². The minimum Gasteiger partial charge on any atom is -0.475 e. The third-order valence-electron chi connectivity index (χ3n) is 1.77. The minimum atomic E-state index is -5.08. The fourth-order valence-electron chi connectivity index (χ4n) is 1.04. The van der Waals surface area contributed by atoms with Crippen LogP contribution in [0.1, 0.15) is 0 Å². The summed E-state index contributed by atoms with van der Waals surface area (Å²) >= 11 is 0. The number of hydrogen-bond donors (Lipinski definition) is 4. The van der Waals surface area contributed by atoms with Crippen LogP contribution < -0.4 is 11.5 Å². The molecule has 0 unspecified atom stereocenters. The molecule has 0 bridgehead atoms. The van der Waals surface area contributed by atoms with Crippen LogP contribution >= 0.6 is 0 Å². The summed E-state index contributed by atoms with van der Waals surface area (Å²) in [5, 5.41) is 7.12. The van der Waals surface area contributed by atoms with Gasteiger partial charge in [0, 0.05) is 5.69 Å². The molecular formula is C9H9F3N4O2. The number of nitrogen functional groups attached to an aromatic ring is 2. The van der Waals surface area contributed by atoms with Crippen molar-refractivity contribution in [1.29, 1.82) is 0 Å². The quantitative estimate of drug-likeness (QED) is 0.534. The Morgan fingerprint density at radius 3 is 2.39 bits per heavy atom. The van der Waals surface area contributed by atoms with Crippen LogP contribution in [-0.4, -0.2) is 27.2 Å². The summed E-state index contributed by atoms with van der Waals surface area (Å²) in [4.78, 5) is 15.8. The Morgan fingerprint density at radius 2 is 1.89 bits per heavy atom. The number of carboxylic acids is 1. The topological polar surface area (TPSA) is 118 Å². The van der Waals surface area contributed by atoms with Crippen molar-refractivity contribution in [2.75, 3.05) is 11.5 Å². The van der Waals surface area contributed by atoms with E-state index in [0.29, 0.717) is 11.6 Å². The highest BCUT2D eigenvalue weighted by Crippen LogP contribution is 2.15. The van der Waals surface area contributed by atoms with Crippen molar-refractivity contribution in [3.63, 3.8) is 0 Å². The molecule has 0 amide bonds. The summed E-state index contributed by atoms with van der Waals surface area (Å²) < 4.78 is 31.7. The number of rotatable bonds is 0. The number of aromatic amines is 1. The molecule has 1 heterocycles. The molecule has 0 aliphatic heterocycles. The third-order valence-corrected chi connectivity index (χ3v) is 1.77. The predicted octanol–water partition coefficient (Wildman–Crippen LogP) is 1.36. The Kier molecular flexibility index (Phi) is 3.64. The third kappa shape index (κ3) is 3.54. The van der Waals surface area contributed by atoms with E-state index in [-0.39, 0.29) is 0 Å². The van der Waals surface area contributed by atoms with Crippen LogP contribution in [0.15, 0.2) is 18.2 Å². The normalized spacial score (nSPS) is 10.8. The van der Waals surface area contributed by atoms with Gasteiger partial charge < -0.3 is 21.6 Å². The molecule has 6 N–H and O–H groups in total. The first-order chi connectivity index (χ1) is 8.20. The van der Waals surface area contributed by atoms with Crippen LogP contribution in [0.2, 0.25) is 0 Å². The molecule has 0 saturated carbocycles. The number of halogens is 3. The van der Waals surface area contributed by atoms with Crippen LogP contribution in [-0.2, 0) is 4.79 Å². The van der Waals surface area contributed by atoms with Gasteiger partial charge in [-0.1, -0.05) is 0 Å². The number of nitrogens with one attached hydrogen (secondary N) is 1. The lowest BCUT2D eigenvalue weighted by Gasteiger charge is -1.93. The molecule has 0 aliphatic carbocycles. The zero-order valence-corrected chi connectivity index (χ0v) is 8.82. The highest BCUT2D eigenvalue weighted by Gasteiger charge is 2.38. The van der Waals surface area contributed by atoms with Crippen molar-refractivity contribution in [2.45, 2.75) is 6.18 Å². The van der Waals surface area contributed by atoms with Gasteiger partial charge in [0.15, 0.2) is 5.95 Å². The monoisotopic (exact) mass is 262 g/mol. The number of hydrogen-bond acceptors (Lipinski definition) is 4. The lowest BCUT2D eigenvalue weighted by molar-refractivity contribution is -0.192. The van der Waals surface area contributed by atoms with E-state index in [1.54, 1.807) is 12.1 Å². The lowest BCUT2D eigenvalue weighted by atomic mass is 10.3. The predicted molar refractivity (Wildman–Crippen MR) is 58.6 cm³/mol. The summed E-state index contributed by atoms with van der Waals surface area (Å²) in [6.07, 6.45) is -5.08. The van der Waals surface area contributed by atoms with Crippen LogP contribution in [0.25, 0.3) is 11.0 Å². The molecule has 0 fully saturated rings. The molecule has 98 valence electrons. The first-order valence-electron chi connectivity index (χ1n) is 4.51. The zero-order chi connectivity index (χ0) is 13.9. The van der Waals surface area contributed by atoms with E-state index < -0.39 is 12.1 Å². The maximum atomic E-state index is 10.6. The summed E-state index contributed by atoms with van der Waals surface area (Å²) in [6.45, 7) is 0. The summed E-state index contributed by atoms with van der Waals surface area (Å²) in [5.74, 6) is -2.34. The molecule has 9 heteroatoms. The largest absolute Gasteiger partial charge is 0.490 e. The van der Waals surface area contributed by atoms with Gasteiger partial charge in [0.05, 0.1) is 11.0 Å². The van der Waals surface area contributed by atoms with Gasteiger partial charge in [-0.2, -0.15) is 13.2 Å². The van der Waals surface area contributed by atoms with Gasteiger partial charge in [-0.25, -0.2) is 9.78 Å². The number of alkyl halides is 3. The van der Waals surface area contributed by atoms with E-state index in [4.69, 9.17) is 21.4 Å². The maximum Gasteiger partial charge on any atom is 0.490 e. The van der Waals surface area contributed by atoms with E-state index in [9.17, 15) is 13.2 Å². The van der Waals surface area contributed by atoms with E-state index in [0.717, 1.165) is 11.0 Å². The number of benzene rings is 1. The van der Waals surface area contributed by atoms with Gasteiger partial charge in [-0.15, -0.1) is 0 Å². The Morgan fingerprint density at radius 1 is 1.33 bits per heavy atom. The number of nitrogens with zero attached hydrogens (tertiary/aromatic N) is 1. The highest BCUT2D eigenvalue weighted by molar-refractivity contribution is 5.80. The van der Waals surface area contributed by atoms with Gasteiger partial charge in [0.1, 0.15) is 0 Å². The van der Waals surface area contributed by atoms with Crippen molar-refractivity contribution >= 4 is 28.6 Å². The number of anilines is 2. The van der Waals surface area contributed by atoms with Crippen LogP contribution in [0.5, 0.6) is 0 Å². The van der Waals surface area contributed by atoms with E-state index >= 15 is 0 Å². The molecule has 0 atom stereocenters. The molecule has 0 spiro atoms. The first kappa shape index (κ1) is 13.6. The highest BCUT2D eigenvalue weighted by atomic mass is 19.4. The second-order valence-corrected chi connectivity index (χ2v) is 3.20. The van der Waals surface area contributed by atoms with Gasteiger partial charge in [0.25, 0.3) is 0 Å². The Hall–Kier alpha value is -2.45. The molecule has 6 nitrogen and oxygen atoms in total. The Bertz CT molecular complexity index is 564. The Balaban J connectivity index is 0.000000203. The zero-order valence-electron chi connectivity index (χ0n) is 8.82. The molecule has 1 aromatic heterocycles. The molecule has 2 rings (SSSR count). The van der Waals surface area contributed by atoms with Crippen molar-refractivity contribution in [2.24, 2.45) is 0 Å². The molecule has 0 aliphatic rings. The fraction of sp³-hybridized carbons (Fsp3) is 0.111. The average Bonchev–Trinajstić information content (AvgIpc) is 2.56. The number of H-pyrrole nitrogens is 1. The smallest absolute Gasteiger partial charge is 0.475 e. The van der Waals surface area contributed by atoms with Crippen molar-refractivity contribution in [3.05, 3.63) is 18.2 Å². The second-order valence-electron chi connectivity index (χ2n) is 3.20. The van der Waals surface area contributed by atoms with Crippen LogP contribution in [0.3, 0.4) is 0 Å². The van der Waals surface area contributed by atoms with Gasteiger partial charge in [-0.05, 0) is 18.2 Å². The van der Waals surface area contributed by atoms with Crippen LogP contribution in [0.4, 0.5) is 24.8 Å². The van der Waals surface area contributed by atoms with E-state index in [2.05, 4.69) is 9.97 Å². The number of aliphatic carboxylic acids is 1. The molecule has 18 heavy (non-hydrogen) atoms. The number of carbonyl (C=O) groups is 1. The summed E-state index contributed by atoms with van der Waals surface area (Å²) in [7, 11) is 0. The van der Waals surface area contributed by atoms with Crippen molar-refractivity contribution in [1.82, 2.24) is 9.97 Å². The number of imidazole rings is 1. The summed E-state index contributed by atoms with van der Waals surface area (Å²) in [5.41, 5.74) is 13.4. The van der Waals surface area contributed by atoms with Crippen molar-refractivity contribution in [3.8, 4) is 0 Å². The van der Waals surface area contributed by atoms with Gasteiger partial charge >= 0.3 is 12.1 Å². The Labute approximate surface area is 98.4 Å². The molecule has 0 radical (unpaired) electrons. The SMILES string of the molecule is Nc1ccc2[nH]c(N)nc2c1.O=C(O)C(F)(F)F. The summed E-state index contributed by atoms with van der Waals surface area (Å²) in [6, 6.07) is 5.44. The molecule has 2 aromatic rings. The number of fused-ring (bicyclic) bond motifs is 1. The molecular weight excluding hydrogens is 253 g/mol. The standard InChI is InChI=1S/C7H8N4.C2HF3O2/c8-4-1-2-5-6(3-4)11-7(9)10-5;3-2(4,5)1(6)7/h1-3H,8H2,(H3,9,10,11);(H,6,7).